The van der Waals surface area contributed by atoms with Crippen molar-refractivity contribution in [3.63, 3.8) is 0 Å². The molecule has 0 fully saturated rings. The molecule has 4 aromatic rings. The van der Waals surface area contributed by atoms with Crippen molar-refractivity contribution in [3.8, 4) is 11.3 Å². The second-order valence-electron chi connectivity index (χ2n) is 7.22. The van der Waals surface area contributed by atoms with Gasteiger partial charge in [0.25, 0.3) is 0 Å². The van der Waals surface area contributed by atoms with Gasteiger partial charge in [-0.15, -0.1) is 0 Å². The molecule has 0 bridgehead atoms. The zero-order valence-electron chi connectivity index (χ0n) is 14.2. The largest absolute Gasteiger partial charge is 0.248 e. The molecule has 0 aliphatic carbocycles. The molecule has 0 radical (unpaired) electrons. The minimum atomic E-state index is -0.0714. The van der Waals surface area contributed by atoms with Crippen LogP contribution in [0.4, 0.5) is 0 Å². The third kappa shape index (κ3) is 2.54. The van der Waals surface area contributed by atoms with Gasteiger partial charge in [0.2, 0.25) is 0 Å². The number of para-hydroxylation sites is 2. The first kappa shape index (κ1) is 14.8. The Kier molecular flexibility index (Phi) is 3.34. The van der Waals surface area contributed by atoms with Crippen molar-refractivity contribution in [2.24, 2.45) is 0 Å². The Balaban J connectivity index is 2.02. The summed E-state index contributed by atoms with van der Waals surface area (Å²) in [5.41, 5.74) is 4.96. The molecule has 4 rings (SSSR count). The van der Waals surface area contributed by atoms with Gasteiger partial charge in [-0.05, 0) is 29.0 Å². The topological polar surface area (TPSA) is 25.8 Å². The van der Waals surface area contributed by atoms with Gasteiger partial charge in [-0.2, -0.15) is 0 Å². The molecule has 0 spiro atoms. The zero-order valence-corrected chi connectivity index (χ0v) is 14.2. The molecular weight excluding hydrogens is 292 g/mol. The van der Waals surface area contributed by atoms with E-state index in [0.717, 1.165) is 28.0 Å². The molecule has 1 heterocycles. The number of rotatable bonds is 1. The quantitative estimate of drug-likeness (QED) is 0.447. The Hall–Kier alpha value is -2.74. The van der Waals surface area contributed by atoms with Crippen LogP contribution < -0.4 is 0 Å². The lowest BCUT2D eigenvalue weighted by molar-refractivity contribution is 0.571. The summed E-state index contributed by atoms with van der Waals surface area (Å²) in [5, 5.41) is 2.47. The van der Waals surface area contributed by atoms with Crippen LogP contribution in [0.5, 0.6) is 0 Å². The van der Waals surface area contributed by atoms with Crippen LogP contribution in [0.2, 0.25) is 0 Å². The average Bonchev–Trinajstić information content (AvgIpc) is 2.59. The highest BCUT2D eigenvalue weighted by Gasteiger charge is 2.23. The number of nitrogens with zero attached hydrogens (tertiary/aromatic N) is 2. The molecule has 0 unspecified atom stereocenters. The first-order chi connectivity index (χ1) is 11.5. The fourth-order valence-electron chi connectivity index (χ4n) is 3.06. The molecule has 0 N–H and O–H groups in total. The van der Waals surface area contributed by atoms with Gasteiger partial charge in [-0.3, -0.25) is 0 Å². The molecule has 118 valence electrons. The molecule has 0 aliphatic rings. The third-order valence-corrected chi connectivity index (χ3v) is 4.30. The fraction of sp³-hybridized carbons (Fsp3) is 0.182. The predicted molar refractivity (Wildman–Crippen MR) is 101 cm³/mol. The summed E-state index contributed by atoms with van der Waals surface area (Å²) < 4.78 is 0. The van der Waals surface area contributed by atoms with Crippen molar-refractivity contribution in [2.75, 3.05) is 0 Å². The van der Waals surface area contributed by atoms with E-state index in [0.29, 0.717) is 0 Å². The number of hydrogen-bond acceptors (Lipinski definition) is 2. The van der Waals surface area contributed by atoms with Crippen LogP contribution in [0, 0.1) is 0 Å². The van der Waals surface area contributed by atoms with Crippen LogP contribution in [-0.2, 0) is 5.41 Å². The lowest BCUT2D eigenvalue weighted by atomic mass is 9.88. The second kappa shape index (κ2) is 5.41. The molecule has 0 amide bonds. The smallest absolute Gasteiger partial charge is 0.0930 e. The lowest BCUT2D eigenvalue weighted by Gasteiger charge is -2.21. The van der Waals surface area contributed by atoms with Crippen molar-refractivity contribution in [3.05, 3.63) is 72.4 Å². The van der Waals surface area contributed by atoms with E-state index in [1.807, 2.05) is 24.3 Å². The molecule has 2 nitrogen and oxygen atoms in total. The normalized spacial score (nSPS) is 12.0. The monoisotopic (exact) mass is 312 g/mol. The SMILES string of the molecule is CC(C)(C)c1nc2ccccc2nc1-c1ccc2ccccc2c1. The van der Waals surface area contributed by atoms with E-state index in [4.69, 9.17) is 9.97 Å². The van der Waals surface area contributed by atoms with Gasteiger partial charge < -0.3 is 0 Å². The van der Waals surface area contributed by atoms with E-state index in [1.54, 1.807) is 0 Å². The highest BCUT2D eigenvalue weighted by atomic mass is 14.8. The minimum Gasteiger partial charge on any atom is -0.248 e. The molecule has 2 heteroatoms. The van der Waals surface area contributed by atoms with Crippen LogP contribution in [0.15, 0.2) is 66.7 Å². The number of hydrogen-bond donors (Lipinski definition) is 0. The highest BCUT2D eigenvalue weighted by molar-refractivity contribution is 5.88. The van der Waals surface area contributed by atoms with Crippen molar-refractivity contribution in [1.82, 2.24) is 9.97 Å². The zero-order chi connectivity index (χ0) is 16.7. The molecule has 0 aliphatic heterocycles. The summed E-state index contributed by atoms with van der Waals surface area (Å²) in [6.07, 6.45) is 0. The van der Waals surface area contributed by atoms with Crippen LogP contribution in [0.3, 0.4) is 0 Å². The molecule has 3 aromatic carbocycles. The molecule has 0 saturated carbocycles. The predicted octanol–water partition coefficient (Wildman–Crippen LogP) is 5.75. The van der Waals surface area contributed by atoms with Gasteiger partial charge in [0.15, 0.2) is 0 Å². The van der Waals surface area contributed by atoms with E-state index >= 15 is 0 Å². The molecule has 0 saturated heterocycles. The van der Waals surface area contributed by atoms with Crippen LogP contribution >= 0.6 is 0 Å². The Morgan fingerprint density at radius 2 is 1.29 bits per heavy atom. The van der Waals surface area contributed by atoms with Gasteiger partial charge in [0.05, 0.1) is 22.4 Å². The Bertz CT molecular complexity index is 1040. The summed E-state index contributed by atoms with van der Waals surface area (Å²) >= 11 is 0. The van der Waals surface area contributed by atoms with Crippen LogP contribution in [0.1, 0.15) is 26.5 Å². The Labute approximate surface area is 142 Å². The summed E-state index contributed by atoms with van der Waals surface area (Å²) in [6, 6.07) is 23.0. The maximum atomic E-state index is 4.96. The molecule has 24 heavy (non-hydrogen) atoms. The number of benzene rings is 3. The van der Waals surface area contributed by atoms with E-state index in [2.05, 4.69) is 63.2 Å². The highest BCUT2D eigenvalue weighted by Crippen LogP contribution is 2.33. The van der Waals surface area contributed by atoms with Gasteiger partial charge >= 0.3 is 0 Å². The third-order valence-electron chi connectivity index (χ3n) is 4.30. The van der Waals surface area contributed by atoms with Crippen molar-refractivity contribution in [2.45, 2.75) is 26.2 Å². The summed E-state index contributed by atoms with van der Waals surface area (Å²) in [4.78, 5) is 9.90. The first-order valence-corrected chi connectivity index (χ1v) is 8.29. The second-order valence-corrected chi connectivity index (χ2v) is 7.22. The number of fused-ring (bicyclic) bond motifs is 2. The summed E-state index contributed by atoms with van der Waals surface area (Å²) in [5.74, 6) is 0. The summed E-state index contributed by atoms with van der Waals surface area (Å²) in [6.45, 7) is 6.57. The van der Waals surface area contributed by atoms with E-state index in [-0.39, 0.29) is 5.41 Å². The van der Waals surface area contributed by atoms with Gasteiger partial charge in [0.1, 0.15) is 0 Å². The average molecular weight is 312 g/mol. The fourth-order valence-corrected chi connectivity index (χ4v) is 3.06. The lowest BCUT2D eigenvalue weighted by Crippen LogP contribution is -2.16. The van der Waals surface area contributed by atoms with Crippen molar-refractivity contribution >= 4 is 21.8 Å². The van der Waals surface area contributed by atoms with Crippen LogP contribution in [0.25, 0.3) is 33.1 Å². The molecule has 0 atom stereocenters. The van der Waals surface area contributed by atoms with Gasteiger partial charge in [-0.1, -0.05) is 69.3 Å². The van der Waals surface area contributed by atoms with E-state index in [1.165, 1.54) is 10.8 Å². The molecule has 1 aromatic heterocycles. The van der Waals surface area contributed by atoms with Gasteiger partial charge in [-0.25, -0.2) is 9.97 Å². The van der Waals surface area contributed by atoms with E-state index in [9.17, 15) is 0 Å². The van der Waals surface area contributed by atoms with Crippen molar-refractivity contribution in [1.29, 1.82) is 0 Å². The number of aromatic nitrogens is 2. The standard InChI is InChI=1S/C22H20N2/c1-22(2,3)21-20(23-18-10-6-7-11-19(18)24-21)17-13-12-15-8-4-5-9-16(15)14-17/h4-14H,1-3H3. The van der Waals surface area contributed by atoms with E-state index < -0.39 is 0 Å². The maximum Gasteiger partial charge on any atom is 0.0930 e. The Morgan fingerprint density at radius 3 is 2.00 bits per heavy atom. The first-order valence-electron chi connectivity index (χ1n) is 8.29. The summed E-state index contributed by atoms with van der Waals surface area (Å²) in [7, 11) is 0. The van der Waals surface area contributed by atoms with Gasteiger partial charge in [0, 0.05) is 11.0 Å². The Morgan fingerprint density at radius 1 is 0.667 bits per heavy atom. The van der Waals surface area contributed by atoms with Crippen molar-refractivity contribution < 1.29 is 0 Å². The van der Waals surface area contributed by atoms with Crippen LogP contribution in [-0.4, -0.2) is 9.97 Å². The molecular formula is C22H20N2. The minimum absolute atomic E-state index is 0.0714. The maximum absolute atomic E-state index is 4.96.